The summed E-state index contributed by atoms with van der Waals surface area (Å²) in [6.07, 6.45) is 2.49. The quantitative estimate of drug-likeness (QED) is 0.914. The summed E-state index contributed by atoms with van der Waals surface area (Å²) in [5.41, 5.74) is 6.26. The Bertz CT molecular complexity index is 536. The lowest BCUT2D eigenvalue weighted by atomic mass is 10.1. The van der Waals surface area contributed by atoms with Crippen molar-refractivity contribution in [3.63, 3.8) is 0 Å². The highest BCUT2D eigenvalue weighted by atomic mass is 79.9. The Kier molecular flexibility index (Phi) is 4.66. The van der Waals surface area contributed by atoms with Crippen LogP contribution in [-0.4, -0.2) is 16.2 Å². The molecule has 1 aromatic heterocycles. The fourth-order valence-corrected chi connectivity index (χ4v) is 2.20. The first-order valence-corrected chi connectivity index (χ1v) is 6.88. The number of hydrogen-bond acceptors (Lipinski definition) is 4. The molecule has 0 amide bonds. The molecule has 0 fully saturated rings. The molecule has 0 aliphatic carbocycles. The van der Waals surface area contributed by atoms with Gasteiger partial charge in [0.25, 0.3) is 0 Å². The minimum atomic E-state index is -0.340. The van der Waals surface area contributed by atoms with Gasteiger partial charge in [0.05, 0.1) is 0 Å². The van der Waals surface area contributed by atoms with Crippen molar-refractivity contribution in [1.29, 1.82) is 0 Å². The molecular weight excluding hydrogens is 313 g/mol. The van der Waals surface area contributed by atoms with E-state index in [1.165, 1.54) is 12.1 Å². The van der Waals surface area contributed by atoms with Crippen LogP contribution in [0.15, 0.2) is 27.2 Å². The van der Waals surface area contributed by atoms with Gasteiger partial charge >= 0.3 is 0 Å². The van der Waals surface area contributed by atoms with E-state index in [9.17, 15) is 4.39 Å². The van der Waals surface area contributed by atoms with Crippen LogP contribution in [0.5, 0.6) is 0 Å². The van der Waals surface area contributed by atoms with Crippen LogP contribution < -0.4 is 5.73 Å². The summed E-state index contributed by atoms with van der Waals surface area (Å²) in [5.74, 6) is 0.611. The maximum Gasteiger partial charge on any atom is 0.226 e. The first-order chi connectivity index (χ1) is 9.04. The molecule has 2 aromatic rings. The summed E-state index contributed by atoms with van der Waals surface area (Å²) in [6, 6.07) is 4.68. The minimum Gasteiger partial charge on any atom is -0.339 e. The van der Waals surface area contributed by atoms with Crippen molar-refractivity contribution >= 4 is 15.9 Å². The number of benzene rings is 1. The highest BCUT2D eigenvalue weighted by Gasteiger charge is 2.10. The largest absolute Gasteiger partial charge is 0.339 e. The van der Waals surface area contributed by atoms with Gasteiger partial charge in [-0.3, -0.25) is 0 Å². The summed E-state index contributed by atoms with van der Waals surface area (Å²) in [6.45, 7) is 1.96. The molecule has 1 unspecified atom stereocenters. The molecule has 1 aromatic carbocycles. The van der Waals surface area contributed by atoms with Crippen molar-refractivity contribution in [2.75, 3.05) is 0 Å². The number of nitrogens with zero attached hydrogens (tertiary/aromatic N) is 2. The molecule has 2 N–H and O–H groups in total. The van der Waals surface area contributed by atoms with Gasteiger partial charge in [0.2, 0.25) is 11.7 Å². The van der Waals surface area contributed by atoms with E-state index in [0.29, 0.717) is 28.2 Å². The second-order valence-electron chi connectivity index (χ2n) is 4.54. The van der Waals surface area contributed by atoms with E-state index in [2.05, 4.69) is 26.1 Å². The van der Waals surface area contributed by atoms with E-state index in [0.717, 1.165) is 12.8 Å². The zero-order valence-electron chi connectivity index (χ0n) is 10.6. The fourth-order valence-electron chi connectivity index (χ4n) is 1.73. The van der Waals surface area contributed by atoms with E-state index in [1.54, 1.807) is 6.07 Å². The Balaban J connectivity index is 2.07. The van der Waals surface area contributed by atoms with Crippen molar-refractivity contribution in [1.82, 2.24) is 10.1 Å². The van der Waals surface area contributed by atoms with Crippen LogP contribution >= 0.6 is 15.9 Å². The smallest absolute Gasteiger partial charge is 0.226 e. The summed E-state index contributed by atoms with van der Waals surface area (Å²) < 4.78 is 19.1. The molecule has 0 bridgehead atoms. The van der Waals surface area contributed by atoms with Gasteiger partial charge in [0.15, 0.2) is 0 Å². The Morgan fingerprint density at radius 1 is 1.42 bits per heavy atom. The van der Waals surface area contributed by atoms with Crippen LogP contribution in [0, 0.1) is 5.82 Å². The molecule has 4 nitrogen and oxygen atoms in total. The maximum absolute atomic E-state index is 13.3. The van der Waals surface area contributed by atoms with Gasteiger partial charge in [0.1, 0.15) is 5.82 Å². The molecule has 0 saturated heterocycles. The fraction of sp³-hybridized carbons (Fsp3) is 0.385. The first kappa shape index (κ1) is 14.1. The second-order valence-corrected chi connectivity index (χ2v) is 5.46. The Hall–Kier alpha value is -1.27. The lowest BCUT2D eigenvalue weighted by molar-refractivity contribution is 0.373. The lowest BCUT2D eigenvalue weighted by Gasteiger charge is -2.00. The second kappa shape index (κ2) is 6.25. The van der Waals surface area contributed by atoms with Gasteiger partial charge in [-0.05, 0) is 38.0 Å². The van der Waals surface area contributed by atoms with E-state index < -0.39 is 0 Å². The van der Waals surface area contributed by atoms with E-state index in [-0.39, 0.29) is 11.9 Å². The van der Waals surface area contributed by atoms with Crippen molar-refractivity contribution in [2.45, 2.75) is 32.2 Å². The minimum absolute atomic E-state index is 0.168. The number of aryl methyl sites for hydroxylation is 1. The summed E-state index contributed by atoms with van der Waals surface area (Å²) in [4.78, 5) is 4.25. The molecule has 1 atom stereocenters. The standard InChI is InChI=1S/C13H15BrFN3O/c1-8(16)3-2-4-12-17-13(18-19-12)9-5-10(14)7-11(15)6-9/h5-8H,2-4,16H2,1H3. The van der Waals surface area contributed by atoms with Crippen LogP contribution in [0.3, 0.4) is 0 Å². The Morgan fingerprint density at radius 3 is 2.89 bits per heavy atom. The molecule has 19 heavy (non-hydrogen) atoms. The molecule has 6 heteroatoms. The summed E-state index contributed by atoms with van der Waals surface area (Å²) >= 11 is 3.23. The van der Waals surface area contributed by atoms with Crippen molar-refractivity contribution in [3.05, 3.63) is 34.4 Å². The number of hydrogen-bond donors (Lipinski definition) is 1. The van der Waals surface area contributed by atoms with Gasteiger partial charge in [0, 0.05) is 22.5 Å². The predicted octanol–water partition coefficient (Wildman–Crippen LogP) is 3.31. The van der Waals surface area contributed by atoms with Gasteiger partial charge in [-0.25, -0.2) is 4.39 Å². The third-order valence-corrected chi connectivity index (χ3v) is 3.10. The zero-order chi connectivity index (χ0) is 13.8. The van der Waals surface area contributed by atoms with Crippen molar-refractivity contribution < 1.29 is 8.91 Å². The highest BCUT2D eigenvalue weighted by Crippen LogP contribution is 2.22. The summed E-state index contributed by atoms with van der Waals surface area (Å²) in [5, 5.41) is 3.86. The average molecular weight is 328 g/mol. The molecule has 0 saturated carbocycles. The van der Waals surface area contributed by atoms with Crippen LogP contribution in [0.4, 0.5) is 4.39 Å². The van der Waals surface area contributed by atoms with Crippen LogP contribution in [-0.2, 0) is 6.42 Å². The molecule has 2 rings (SSSR count). The number of halogens is 2. The normalized spacial score (nSPS) is 12.6. The molecule has 0 aliphatic heterocycles. The van der Waals surface area contributed by atoms with E-state index in [4.69, 9.17) is 10.3 Å². The molecule has 1 heterocycles. The van der Waals surface area contributed by atoms with Gasteiger partial charge in [-0.2, -0.15) is 4.98 Å². The molecule has 0 spiro atoms. The highest BCUT2D eigenvalue weighted by molar-refractivity contribution is 9.10. The SMILES string of the molecule is CC(N)CCCc1nc(-c2cc(F)cc(Br)c2)no1. The third-order valence-electron chi connectivity index (χ3n) is 2.64. The molecule has 0 aliphatic rings. The molecule has 0 radical (unpaired) electrons. The third kappa shape index (κ3) is 4.11. The van der Waals surface area contributed by atoms with Crippen LogP contribution in [0.1, 0.15) is 25.7 Å². The van der Waals surface area contributed by atoms with E-state index >= 15 is 0 Å². The van der Waals surface area contributed by atoms with Gasteiger partial charge in [-0.1, -0.05) is 21.1 Å². The van der Waals surface area contributed by atoms with Gasteiger partial charge < -0.3 is 10.3 Å². The van der Waals surface area contributed by atoms with Crippen LogP contribution in [0.25, 0.3) is 11.4 Å². The Labute approximate surface area is 119 Å². The number of nitrogens with two attached hydrogens (primary N) is 1. The zero-order valence-corrected chi connectivity index (χ0v) is 12.2. The monoisotopic (exact) mass is 327 g/mol. The predicted molar refractivity (Wildman–Crippen MR) is 74.0 cm³/mol. The first-order valence-electron chi connectivity index (χ1n) is 6.09. The molecular formula is C13H15BrFN3O. The summed E-state index contributed by atoms with van der Waals surface area (Å²) in [7, 11) is 0. The topological polar surface area (TPSA) is 64.9 Å². The molecule has 102 valence electrons. The number of rotatable bonds is 5. The maximum atomic E-state index is 13.3. The van der Waals surface area contributed by atoms with Crippen molar-refractivity contribution in [3.8, 4) is 11.4 Å². The van der Waals surface area contributed by atoms with Gasteiger partial charge in [-0.15, -0.1) is 0 Å². The van der Waals surface area contributed by atoms with E-state index in [1.807, 2.05) is 6.92 Å². The Morgan fingerprint density at radius 2 is 2.21 bits per heavy atom. The van der Waals surface area contributed by atoms with Crippen LogP contribution in [0.2, 0.25) is 0 Å². The average Bonchev–Trinajstić information content (AvgIpc) is 2.76. The number of aromatic nitrogens is 2. The van der Waals surface area contributed by atoms with Crippen molar-refractivity contribution in [2.24, 2.45) is 5.73 Å². The lowest BCUT2D eigenvalue weighted by Crippen LogP contribution is -2.14.